The van der Waals surface area contributed by atoms with Crippen LogP contribution in [0.25, 0.3) is 11.0 Å². The number of carbonyl (C=O) groups excluding carboxylic acids is 2. The van der Waals surface area contributed by atoms with Crippen LogP contribution >= 0.6 is 0 Å². The van der Waals surface area contributed by atoms with Crippen molar-refractivity contribution < 1.29 is 23.7 Å². The number of para-hydroxylation sites is 1. The maximum Gasteiger partial charge on any atom is 0.349 e. The number of amides is 1. The molecule has 3 aromatic rings. The Morgan fingerprint density at radius 1 is 1.11 bits per heavy atom. The van der Waals surface area contributed by atoms with Gasteiger partial charge in [0.15, 0.2) is 0 Å². The molecule has 3 rings (SSSR count). The molecule has 2 aromatic carbocycles. The summed E-state index contributed by atoms with van der Waals surface area (Å²) in [5, 5.41) is 13.6. The van der Waals surface area contributed by atoms with Gasteiger partial charge >= 0.3 is 11.6 Å². The number of esters is 1. The minimum atomic E-state index is -0.913. The zero-order valence-corrected chi connectivity index (χ0v) is 13.9. The number of hydrogen-bond donors (Lipinski definition) is 1. The van der Waals surface area contributed by atoms with Crippen LogP contribution in [0.3, 0.4) is 0 Å². The molecule has 1 amide bonds. The van der Waals surface area contributed by atoms with Crippen LogP contribution in [-0.4, -0.2) is 23.9 Å². The van der Waals surface area contributed by atoms with Gasteiger partial charge in [-0.2, -0.15) is 0 Å². The van der Waals surface area contributed by atoms with Gasteiger partial charge in [-0.1, -0.05) is 12.1 Å². The molecule has 9 heteroatoms. The second kappa shape index (κ2) is 7.08. The Labute approximate surface area is 151 Å². The Morgan fingerprint density at radius 2 is 1.85 bits per heavy atom. The fraction of sp³-hybridized carbons (Fsp3) is 0.0556. The number of nitro groups is 1. The molecule has 0 aliphatic rings. The second-order valence-electron chi connectivity index (χ2n) is 5.42. The number of carbonyl (C=O) groups is 2. The van der Waals surface area contributed by atoms with Crippen LogP contribution < -0.4 is 10.9 Å². The molecular formula is C18H12N2O7. The number of benzene rings is 2. The van der Waals surface area contributed by atoms with Crippen LogP contribution in [0.1, 0.15) is 20.7 Å². The third kappa shape index (κ3) is 3.52. The van der Waals surface area contributed by atoms with Crippen LogP contribution in [0.15, 0.2) is 57.7 Å². The second-order valence-corrected chi connectivity index (χ2v) is 5.42. The third-order valence-corrected chi connectivity index (χ3v) is 3.75. The van der Waals surface area contributed by atoms with Crippen molar-refractivity contribution in [2.45, 2.75) is 0 Å². The van der Waals surface area contributed by atoms with Crippen molar-refractivity contribution in [2.24, 2.45) is 0 Å². The predicted octanol–water partition coefficient (Wildman–Crippen LogP) is 2.74. The number of ether oxygens (including phenoxy) is 1. The summed E-state index contributed by atoms with van der Waals surface area (Å²) in [6, 6.07) is 11.0. The summed E-state index contributed by atoms with van der Waals surface area (Å²) < 4.78 is 9.70. The third-order valence-electron chi connectivity index (χ3n) is 3.75. The van der Waals surface area contributed by atoms with Gasteiger partial charge in [0.05, 0.1) is 23.3 Å². The van der Waals surface area contributed by atoms with Gasteiger partial charge in [-0.05, 0) is 24.3 Å². The van der Waals surface area contributed by atoms with E-state index >= 15 is 0 Å². The zero-order chi connectivity index (χ0) is 19.6. The topological polar surface area (TPSA) is 129 Å². The van der Waals surface area contributed by atoms with Gasteiger partial charge in [-0.3, -0.25) is 14.9 Å². The average molecular weight is 368 g/mol. The molecule has 0 saturated heterocycles. The highest BCUT2D eigenvalue weighted by Crippen LogP contribution is 2.21. The summed E-state index contributed by atoms with van der Waals surface area (Å²) in [4.78, 5) is 46.7. The van der Waals surface area contributed by atoms with E-state index in [1.165, 1.54) is 43.5 Å². The molecule has 9 nitrogen and oxygen atoms in total. The van der Waals surface area contributed by atoms with Crippen LogP contribution in [0, 0.1) is 10.1 Å². The number of nitro benzene ring substituents is 1. The number of non-ortho nitro benzene ring substituents is 1. The van der Waals surface area contributed by atoms with E-state index in [-0.39, 0.29) is 33.5 Å². The average Bonchev–Trinajstić information content (AvgIpc) is 2.66. The number of hydrogen-bond acceptors (Lipinski definition) is 7. The highest BCUT2D eigenvalue weighted by Gasteiger charge is 2.18. The van der Waals surface area contributed by atoms with Crippen LogP contribution in [0.4, 0.5) is 11.4 Å². The van der Waals surface area contributed by atoms with Gasteiger partial charge in [0.25, 0.3) is 11.6 Å². The maximum atomic E-state index is 12.5. The van der Waals surface area contributed by atoms with Crippen molar-refractivity contribution in [3.63, 3.8) is 0 Å². The lowest BCUT2D eigenvalue weighted by atomic mass is 10.1. The Hall–Kier alpha value is -4.01. The maximum absolute atomic E-state index is 12.5. The molecular weight excluding hydrogens is 356 g/mol. The first-order valence-corrected chi connectivity index (χ1v) is 7.61. The Kier molecular flexibility index (Phi) is 4.67. The summed E-state index contributed by atoms with van der Waals surface area (Å²) >= 11 is 0. The SMILES string of the molecule is COC(=O)c1ccccc1NC(=O)c1cc2cc([N+](=O)[O-])ccc2oc1=O. The van der Waals surface area contributed by atoms with E-state index in [0.717, 1.165) is 0 Å². The van der Waals surface area contributed by atoms with Crippen molar-refractivity contribution in [1.29, 1.82) is 0 Å². The van der Waals surface area contributed by atoms with E-state index in [1.807, 2.05) is 0 Å². The van der Waals surface area contributed by atoms with Crippen LogP contribution in [0.5, 0.6) is 0 Å². The minimum absolute atomic E-state index is 0.106. The van der Waals surface area contributed by atoms with Crippen molar-refractivity contribution >= 4 is 34.2 Å². The Balaban J connectivity index is 2.01. The van der Waals surface area contributed by atoms with Gasteiger partial charge in [-0.25, -0.2) is 9.59 Å². The molecule has 0 atom stereocenters. The van der Waals surface area contributed by atoms with E-state index in [4.69, 9.17) is 4.42 Å². The molecule has 0 spiro atoms. The van der Waals surface area contributed by atoms with E-state index < -0.39 is 22.4 Å². The lowest BCUT2D eigenvalue weighted by Crippen LogP contribution is -2.22. The van der Waals surface area contributed by atoms with Gasteiger partial charge < -0.3 is 14.5 Å². The number of methoxy groups -OCH3 is 1. The fourth-order valence-corrected chi connectivity index (χ4v) is 2.45. The molecule has 0 saturated carbocycles. The minimum Gasteiger partial charge on any atom is -0.465 e. The zero-order valence-electron chi connectivity index (χ0n) is 13.9. The van der Waals surface area contributed by atoms with Crippen molar-refractivity contribution in [3.05, 3.63) is 80.2 Å². The summed E-state index contributed by atoms with van der Waals surface area (Å²) in [6.45, 7) is 0. The number of fused-ring (bicyclic) bond motifs is 1. The molecule has 136 valence electrons. The first kappa shape index (κ1) is 17.8. The summed E-state index contributed by atoms with van der Waals surface area (Å²) in [7, 11) is 1.20. The Bertz CT molecular complexity index is 1130. The lowest BCUT2D eigenvalue weighted by molar-refractivity contribution is -0.384. The van der Waals surface area contributed by atoms with Crippen LogP contribution in [0.2, 0.25) is 0 Å². The van der Waals surface area contributed by atoms with Crippen molar-refractivity contribution in [1.82, 2.24) is 0 Å². The molecule has 0 radical (unpaired) electrons. The van der Waals surface area contributed by atoms with Crippen molar-refractivity contribution in [2.75, 3.05) is 12.4 Å². The normalized spacial score (nSPS) is 10.4. The molecule has 1 aromatic heterocycles. The van der Waals surface area contributed by atoms with E-state index in [2.05, 4.69) is 10.1 Å². The first-order chi connectivity index (χ1) is 12.9. The van der Waals surface area contributed by atoms with Crippen LogP contribution in [-0.2, 0) is 4.74 Å². The molecule has 1 N–H and O–H groups in total. The van der Waals surface area contributed by atoms with Crippen molar-refractivity contribution in [3.8, 4) is 0 Å². The summed E-state index contributed by atoms with van der Waals surface area (Å²) in [5.74, 6) is -1.49. The van der Waals surface area contributed by atoms with E-state index in [0.29, 0.717) is 0 Å². The monoisotopic (exact) mass is 368 g/mol. The van der Waals surface area contributed by atoms with E-state index in [9.17, 15) is 24.5 Å². The molecule has 0 aliphatic carbocycles. The predicted molar refractivity (Wildman–Crippen MR) is 94.9 cm³/mol. The smallest absolute Gasteiger partial charge is 0.349 e. The number of anilines is 1. The molecule has 0 fully saturated rings. The lowest BCUT2D eigenvalue weighted by Gasteiger charge is -2.09. The quantitative estimate of drug-likeness (QED) is 0.324. The molecule has 0 unspecified atom stereocenters. The van der Waals surface area contributed by atoms with Gasteiger partial charge in [0.2, 0.25) is 0 Å². The molecule has 1 heterocycles. The number of nitrogens with zero attached hydrogens (tertiary/aromatic N) is 1. The molecule has 0 bridgehead atoms. The highest BCUT2D eigenvalue weighted by atomic mass is 16.6. The number of nitrogens with one attached hydrogen (secondary N) is 1. The van der Waals surface area contributed by atoms with Gasteiger partial charge in [-0.15, -0.1) is 0 Å². The standard InChI is InChI=1S/C18H12N2O7/c1-26-17(22)12-4-2-3-5-14(12)19-16(21)13-9-10-8-11(20(24)25)6-7-15(10)27-18(13)23/h2-9H,1H3,(H,19,21). The largest absolute Gasteiger partial charge is 0.465 e. The first-order valence-electron chi connectivity index (χ1n) is 7.61. The Morgan fingerprint density at radius 3 is 2.56 bits per heavy atom. The molecule has 27 heavy (non-hydrogen) atoms. The van der Waals surface area contributed by atoms with E-state index in [1.54, 1.807) is 12.1 Å². The summed E-state index contributed by atoms with van der Waals surface area (Å²) in [6.07, 6.45) is 0. The van der Waals surface area contributed by atoms with Gasteiger partial charge in [0, 0.05) is 17.5 Å². The summed E-state index contributed by atoms with van der Waals surface area (Å²) in [5.41, 5.74) is -1.12. The fourth-order valence-electron chi connectivity index (χ4n) is 2.45. The highest BCUT2D eigenvalue weighted by molar-refractivity contribution is 6.08. The molecule has 0 aliphatic heterocycles. The van der Waals surface area contributed by atoms with Gasteiger partial charge in [0.1, 0.15) is 11.1 Å². The number of rotatable bonds is 4.